The van der Waals surface area contributed by atoms with Gasteiger partial charge in [0.05, 0.1) is 5.52 Å². The Kier molecular flexibility index (Phi) is 2.65. The molecule has 74 valence electrons. The van der Waals surface area contributed by atoms with Crippen LogP contribution in [0, 0.1) is 0 Å². The van der Waals surface area contributed by atoms with E-state index in [1.807, 2.05) is 23.8 Å². The summed E-state index contributed by atoms with van der Waals surface area (Å²) < 4.78 is 1.97. The van der Waals surface area contributed by atoms with Crippen LogP contribution in [-0.2, 0) is 6.54 Å². The molecule has 0 bridgehead atoms. The van der Waals surface area contributed by atoms with Gasteiger partial charge < -0.3 is 4.57 Å². The molecule has 2 aromatic rings. The van der Waals surface area contributed by atoms with E-state index in [1.165, 1.54) is 0 Å². The lowest BCUT2D eigenvalue weighted by molar-refractivity contribution is 0.788. The van der Waals surface area contributed by atoms with Gasteiger partial charge in [-0.2, -0.15) is 0 Å². The van der Waals surface area contributed by atoms with Crippen molar-refractivity contribution in [2.24, 2.45) is 0 Å². The number of aryl methyl sites for hydroxylation is 1. The Labute approximate surface area is 91.5 Å². The van der Waals surface area contributed by atoms with Gasteiger partial charge in [0.25, 0.3) is 0 Å². The molecule has 0 aliphatic carbocycles. The van der Waals surface area contributed by atoms with Crippen molar-refractivity contribution in [3.8, 4) is 0 Å². The fourth-order valence-electron chi connectivity index (χ4n) is 1.45. The Bertz CT molecular complexity index is 466. The maximum atomic E-state index is 6.01. The highest BCUT2D eigenvalue weighted by atomic mass is 35.5. The fraction of sp³-hybridized carbons (Fsp3) is 0.333. The third-order valence-corrected chi connectivity index (χ3v) is 3.07. The molecule has 3 nitrogen and oxygen atoms in total. The number of hydrogen-bond donors (Lipinski definition) is 0. The molecule has 0 N–H and O–H groups in total. The van der Waals surface area contributed by atoms with Gasteiger partial charge in [-0.3, -0.25) is 0 Å². The Morgan fingerprint density at radius 1 is 1.57 bits per heavy atom. The van der Waals surface area contributed by atoms with Crippen LogP contribution >= 0.6 is 23.4 Å². The van der Waals surface area contributed by atoms with E-state index in [0.717, 1.165) is 22.6 Å². The van der Waals surface area contributed by atoms with Crippen LogP contribution in [0.4, 0.5) is 0 Å². The monoisotopic (exact) mass is 227 g/mol. The van der Waals surface area contributed by atoms with Crippen molar-refractivity contribution in [3.05, 3.63) is 17.5 Å². The zero-order chi connectivity index (χ0) is 10.1. The highest BCUT2D eigenvalue weighted by Gasteiger charge is 2.10. The smallest absolute Gasteiger partial charge is 0.203 e. The predicted molar refractivity (Wildman–Crippen MR) is 60.0 cm³/mol. The molecule has 0 radical (unpaired) electrons. The summed E-state index contributed by atoms with van der Waals surface area (Å²) in [4.78, 5) is 8.54. The van der Waals surface area contributed by atoms with Crippen LogP contribution in [0.5, 0.6) is 0 Å². The zero-order valence-corrected chi connectivity index (χ0v) is 9.56. The maximum absolute atomic E-state index is 6.01. The lowest BCUT2D eigenvalue weighted by atomic mass is 10.4. The number of rotatable bonds is 2. The van der Waals surface area contributed by atoms with Gasteiger partial charge in [0, 0.05) is 12.7 Å². The van der Waals surface area contributed by atoms with Crippen molar-refractivity contribution in [1.82, 2.24) is 14.5 Å². The Hall–Kier alpha value is -0.740. The molecule has 5 heteroatoms. The van der Waals surface area contributed by atoms with Crippen LogP contribution in [0.15, 0.2) is 17.3 Å². The number of thioether (sulfide) groups is 1. The van der Waals surface area contributed by atoms with Crippen LogP contribution in [0.3, 0.4) is 0 Å². The average Bonchev–Trinajstić information content (AvgIpc) is 2.52. The summed E-state index contributed by atoms with van der Waals surface area (Å²) >= 11 is 7.60. The van der Waals surface area contributed by atoms with Crippen molar-refractivity contribution in [3.63, 3.8) is 0 Å². The van der Waals surface area contributed by atoms with E-state index in [4.69, 9.17) is 11.6 Å². The quantitative estimate of drug-likeness (QED) is 0.740. The van der Waals surface area contributed by atoms with Crippen LogP contribution < -0.4 is 0 Å². The van der Waals surface area contributed by atoms with E-state index >= 15 is 0 Å². The maximum Gasteiger partial charge on any atom is 0.203 e. The SMILES string of the molecule is CCn1c(Cl)nc2c(SC)nccc21. The molecule has 0 atom stereocenters. The molecule has 0 saturated carbocycles. The van der Waals surface area contributed by atoms with E-state index in [1.54, 1.807) is 18.0 Å². The zero-order valence-electron chi connectivity index (χ0n) is 7.99. The molecule has 14 heavy (non-hydrogen) atoms. The standard InChI is InChI=1S/C9H10ClN3S/c1-3-13-6-4-5-11-8(14-2)7(6)12-9(13)10/h4-5H,3H2,1-2H3. The third-order valence-electron chi connectivity index (χ3n) is 2.10. The summed E-state index contributed by atoms with van der Waals surface area (Å²) in [5.74, 6) is 0. The normalized spacial score (nSPS) is 11.1. The summed E-state index contributed by atoms with van der Waals surface area (Å²) in [6.07, 6.45) is 3.78. The van der Waals surface area contributed by atoms with Crippen molar-refractivity contribution < 1.29 is 0 Å². The number of nitrogens with zero attached hydrogens (tertiary/aromatic N) is 3. The number of fused-ring (bicyclic) bond motifs is 1. The minimum Gasteiger partial charge on any atom is -0.315 e. The van der Waals surface area contributed by atoms with Crippen molar-refractivity contribution >= 4 is 34.4 Å². The first-order chi connectivity index (χ1) is 6.77. The lowest BCUT2D eigenvalue weighted by Crippen LogP contribution is -1.93. The number of halogens is 1. The Morgan fingerprint density at radius 2 is 2.36 bits per heavy atom. The first kappa shape index (κ1) is 9.80. The van der Waals surface area contributed by atoms with Crippen LogP contribution in [0.1, 0.15) is 6.92 Å². The van der Waals surface area contributed by atoms with E-state index in [9.17, 15) is 0 Å². The van der Waals surface area contributed by atoms with E-state index < -0.39 is 0 Å². The van der Waals surface area contributed by atoms with Crippen LogP contribution in [-0.4, -0.2) is 20.8 Å². The van der Waals surface area contributed by atoms with Crippen LogP contribution in [0.25, 0.3) is 11.0 Å². The molecular formula is C9H10ClN3S. The third kappa shape index (κ3) is 1.38. The van der Waals surface area contributed by atoms with Crippen molar-refractivity contribution in [1.29, 1.82) is 0 Å². The van der Waals surface area contributed by atoms with Gasteiger partial charge in [-0.1, -0.05) is 0 Å². The summed E-state index contributed by atoms with van der Waals surface area (Å²) in [5.41, 5.74) is 1.95. The predicted octanol–water partition coefficient (Wildman–Crippen LogP) is 2.83. The summed E-state index contributed by atoms with van der Waals surface area (Å²) in [6, 6.07) is 1.94. The Balaban J connectivity index is 2.79. The van der Waals surface area contributed by atoms with Gasteiger partial charge in [-0.05, 0) is 30.8 Å². The minimum atomic E-state index is 0.533. The number of imidazole rings is 1. The molecule has 0 aliphatic heterocycles. The first-order valence-corrected chi connectivity index (χ1v) is 5.93. The van der Waals surface area contributed by atoms with Crippen LogP contribution in [0.2, 0.25) is 5.28 Å². The average molecular weight is 228 g/mol. The fourth-order valence-corrected chi connectivity index (χ4v) is 2.26. The van der Waals surface area contributed by atoms with Gasteiger partial charge in [0.15, 0.2) is 0 Å². The van der Waals surface area contributed by atoms with Gasteiger partial charge in [-0.15, -0.1) is 11.8 Å². The molecule has 0 aliphatic rings. The molecule has 0 saturated heterocycles. The highest BCUT2D eigenvalue weighted by Crippen LogP contribution is 2.26. The topological polar surface area (TPSA) is 30.7 Å². The van der Waals surface area contributed by atoms with Gasteiger partial charge in [-0.25, -0.2) is 9.97 Å². The molecule has 0 amide bonds. The van der Waals surface area contributed by atoms with Gasteiger partial charge in [0.2, 0.25) is 5.28 Å². The molecule has 2 heterocycles. The summed E-state index contributed by atoms with van der Waals surface area (Å²) in [6.45, 7) is 2.87. The first-order valence-electron chi connectivity index (χ1n) is 4.32. The largest absolute Gasteiger partial charge is 0.315 e. The summed E-state index contributed by atoms with van der Waals surface area (Å²) in [7, 11) is 0. The van der Waals surface area contributed by atoms with Gasteiger partial charge >= 0.3 is 0 Å². The van der Waals surface area contributed by atoms with Gasteiger partial charge in [0.1, 0.15) is 10.5 Å². The molecule has 0 spiro atoms. The molecular weight excluding hydrogens is 218 g/mol. The number of hydrogen-bond acceptors (Lipinski definition) is 3. The molecule has 2 aromatic heterocycles. The van der Waals surface area contributed by atoms with E-state index in [-0.39, 0.29) is 0 Å². The summed E-state index contributed by atoms with van der Waals surface area (Å²) in [5, 5.41) is 1.46. The van der Waals surface area contributed by atoms with Crippen molar-refractivity contribution in [2.45, 2.75) is 18.5 Å². The highest BCUT2D eigenvalue weighted by molar-refractivity contribution is 7.98. The van der Waals surface area contributed by atoms with E-state index in [0.29, 0.717) is 5.28 Å². The van der Waals surface area contributed by atoms with Crippen molar-refractivity contribution in [2.75, 3.05) is 6.26 Å². The second kappa shape index (κ2) is 3.79. The number of aromatic nitrogens is 3. The van der Waals surface area contributed by atoms with E-state index in [2.05, 4.69) is 9.97 Å². The molecule has 2 rings (SSSR count). The minimum absolute atomic E-state index is 0.533. The number of pyridine rings is 1. The second-order valence-corrected chi connectivity index (χ2v) is 3.95. The molecule has 0 unspecified atom stereocenters. The Morgan fingerprint density at radius 3 is 3.00 bits per heavy atom. The lowest BCUT2D eigenvalue weighted by Gasteiger charge is -2.00. The molecule has 0 fully saturated rings. The second-order valence-electron chi connectivity index (χ2n) is 2.81. The molecule has 0 aromatic carbocycles.